The maximum absolute atomic E-state index is 11.6. The topological polar surface area (TPSA) is 47.6 Å². The lowest BCUT2D eigenvalue weighted by Gasteiger charge is -2.18. The van der Waals surface area contributed by atoms with Crippen molar-refractivity contribution in [2.45, 2.75) is 26.2 Å². The molecule has 1 aromatic carbocycles. The fraction of sp³-hybridized carbons (Fsp3) is 0.462. The van der Waals surface area contributed by atoms with Crippen molar-refractivity contribution in [3.05, 3.63) is 35.4 Å². The first kappa shape index (κ1) is 13.7. The van der Waals surface area contributed by atoms with Crippen LogP contribution < -0.4 is 5.48 Å². The summed E-state index contributed by atoms with van der Waals surface area (Å²) in [4.78, 5) is 16.4. The maximum Gasteiger partial charge on any atom is 0.274 e. The zero-order chi connectivity index (χ0) is 12.9. The van der Waals surface area contributed by atoms with E-state index in [4.69, 9.17) is 4.84 Å². The molecule has 1 N–H and O–H groups in total. The molecule has 0 aromatic heterocycles. The average Bonchev–Trinajstić information content (AvgIpc) is 2.28. The molecule has 0 atom stereocenters. The Morgan fingerprint density at radius 3 is 2.29 bits per heavy atom. The van der Waals surface area contributed by atoms with Crippen LogP contribution >= 0.6 is 0 Å². The van der Waals surface area contributed by atoms with Crippen molar-refractivity contribution in [1.82, 2.24) is 5.48 Å². The first-order valence-corrected chi connectivity index (χ1v) is 5.47. The molecule has 0 saturated carbocycles. The van der Waals surface area contributed by atoms with Crippen molar-refractivity contribution >= 4 is 5.91 Å². The van der Waals surface area contributed by atoms with Crippen LogP contribution in [0.5, 0.6) is 0 Å². The molecule has 0 spiro atoms. The fourth-order valence-electron chi connectivity index (χ4n) is 1.33. The standard InChI is InChI=1S/C13H19NO3/c1-13(2,3)11-7-5-10(6-8-11)12(15)14-17-9-16-4/h5-8H,9H2,1-4H3,(H,14,15). The van der Waals surface area contributed by atoms with Gasteiger partial charge in [-0.05, 0) is 23.1 Å². The quantitative estimate of drug-likeness (QED) is 0.496. The Kier molecular flexibility index (Phi) is 4.66. The molecule has 94 valence electrons. The van der Waals surface area contributed by atoms with E-state index in [-0.39, 0.29) is 18.1 Å². The van der Waals surface area contributed by atoms with Gasteiger partial charge in [0.05, 0.1) is 0 Å². The number of carbonyl (C=O) groups excluding carboxylic acids is 1. The first-order valence-electron chi connectivity index (χ1n) is 5.47. The number of nitrogens with one attached hydrogen (secondary N) is 1. The van der Waals surface area contributed by atoms with Gasteiger partial charge >= 0.3 is 0 Å². The van der Waals surface area contributed by atoms with Gasteiger partial charge in [0.2, 0.25) is 0 Å². The minimum Gasteiger partial charge on any atom is -0.356 e. The molecule has 0 fully saturated rings. The third kappa shape index (κ3) is 4.17. The van der Waals surface area contributed by atoms with Crippen molar-refractivity contribution in [3.8, 4) is 0 Å². The number of methoxy groups -OCH3 is 1. The highest BCUT2D eigenvalue weighted by Gasteiger charge is 2.14. The largest absolute Gasteiger partial charge is 0.356 e. The second-order valence-electron chi connectivity index (χ2n) is 4.81. The van der Waals surface area contributed by atoms with E-state index in [2.05, 4.69) is 31.0 Å². The molecule has 4 nitrogen and oxygen atoms in total. The lowest BCUT2D eigenvalue weighted by molar-refractivity contribution is -0.0704. The summed E-state index contributed by atoms with van der Waals surface area (Å²) in [5.41, 5.74) is 4.13. The van der Waals surface area contributed by atoms with Gasteiger partial charge in [-0.15, -0.1) is 0 Å². The van der Waals surface area contributed by atoms with Gasteiger partial charge in [0.25, 0.3) is 5.91 Å². The van der Waals surface area contributed by atoms with Crippen molar-refractivity contribution in [3.63, 3.8) is 0 Å². The number of amides is 1. The van der Waals surface area contributed by atoms with E-state index >= 15 is 0 Å². The molecule has 0 unspecified atom stereocenters. The van der Waals surface area contributed by atoms with Crippen LogP contribution in [0.2, 0.25) is 0 Å². The molecule has 1 aromatic rings. The molecular formula is C13H19NO3. The minimum absolute atomic E-state index is 0.0335. The number of hydroxylamine groups is 1. The summed E-state index contributed by atoms with van der Waals surface area (Å²) in [5, 5.41) is 0. The van der Waals surface area contributed by atoms with E-state index in [1.54, 1.807) is 12.1 Å². The Bertz CT molecular complexity index is 365. The lowest BCUT2D eigenvalue weighted by Crippen LogP contribution is -2.24. The van der Waals surface area contributed by atoms with E-state index in [0.29, 0.717) is 5.56 Å². The molecule has 1 amide bonds. The molecule has 0 radical (unpaired) electrons. The molecule has 0 heterocycles. The zero-order valence-electron chi connectivity index (χ0n) is 10.7. The number of rotatable bonds is 4. The van der Waals surface area contributed by atoms with E-state index < -0.39 is 0 Å². The summed E-state index contributed by atoms with van der Waals surface area (Å²) in [7, 11) is 1.49. The predicted octanol–water partition coefficient (Wildman–Crippen LogP) is 2.25. The first-order chi connectivity index (χ1) is 7.95. The van der Waals surface area contributed by atoms with Gasteiger partial charge in [-0.3, -0.25) is 4.79 Å². The Labute approximate surface area is 102 Å². The summed E-state index contributed by atoms with van der Waals surface area (Å²) in [6, 6.07) is 7.47. The maximum atomic E-state index is 11.6. The van der Waals surface area contributed by atoms with E-state index in [9.17, 15) is 4.79 Å². The molecule has 0 saturated heterocycles. The average molecular weight is 237 g/mol. The molecule has 1 rings (SSSR count). The minimum atomic E-state index is -0.275. The zero-order valence-corrected chi connectivity index (χ0v) is 10.7. The van der Waals surface area contributed by atoms with Gasteiger partial charge in [-0.25, -0.2) is 10.3 Å². The van der Waals surface area contributed by atoms with Crippen LogP contribution in [0.4, 0.5) is 0 Å². The second kappa shape index (κ2) is 5.80. The van der Waals surface area contributed by atoms with Crippen LogP contribution in [-0.4, -0.2) is 19.8 Å². The van der Waals surface area contributed by atoms with Gasteiger partial charge < -0.3 is 4.74 Å². The third-order valence-electron chi connectivity index (χ3n) is 2.35. The van der Waals surface area contributed by atoms with Crippen LogP contribution in [0.15, 0.2) is 24.3 Å². The number of hydrogen-bond acceptors (Lipinski definition) is 3. The van der Waals surface area contributed by atoms with E-state index in [1.807, 2.05) is 12.1 Å². The Balaban J connectivity index is 2.64. The molecule has 0 aliphatic rings. The Morgan fingerprint density at radius 1 is 1.24 bits per heavy atom. The normalized spacial score (nSPS) is 11.3. The van der Waals surface area contributed by atoms with Crippen molar-refractivity contribution in [2.24, 2.45) is 0 Å². The lowest BCUT2D eigenvalue weighted by atomic mass is 9.87. The van der Waals surface area contributed by atoms with Crippen molar-refractivity contribution < 1.29 is 14.4 Å². The number of ether oxygens (including phenoxy) is 1. The van der Waals surface area contributed by atoms with E-state index in [1.165, 1.54) is 12.7 Å². The van der Waals surface area contributed by atoms with Gasteiger partial charge in [-0.2, -0.15) is 0 Å². The highest BCUT2D eigenvalue weighted by molar-refractivity contribution is 5.93. The summed E-state index contributed by atoms with van der Waals surface area (Å²) in [6.45, 7) is 6.42. The second-order valence-corrected chi connectivity index (χ2v) is 4.81. The Hall–Kier alpha value is -1.39. The summed E-state index contributed by atoms with van der Waals surface area (Å²) in [6.07, 6.45) is 0. The molecule has 0 aliphatic carbocycles. The monoisotopic (exact) mass is 237 g/mol. The molecular weight excluding hydrogens is 218 g/mol. The van der Waals surface area contributed by atoms with Crippen LogP contribution in [0.3, 0.4) is 0 Å². The third-order valence-corrected chi connectivity index (χ3v) is 2.35. The predicted molar refractivity (Wildman–Crippen MR) is 65.6 cm³/mol. The number of hydrogen-bond donors (Lipinski definition) is 1. The van der Waals surface area contributed by atoms with Crippen LogP contribution in [0, 0.1) is 0 Å². The van der Waals surface area contributed by atoms with Crippen LogP contribution in [0.25, 0.3) is 0 Å². The smallest absolute Gasteiger partial charge is 0.274 e. The summed E-state index contributed by atoms with van der Waals surface area (Å²) >= 11 is 0. The van der Waals surface area contributed by atoms with Gasteiger partial charge in [0.1, 0.15) is 0 Å². The summed E-state index contributed by atoms with van der Waals surface area (Å²) < 4.78 is 4.65. The summed E-state index contributed by atoms with van der Waals surface area (Å²) in [5.74, 6) is -0.275. The highest BCUT2D eigenvalue weighted by atomic mass is 16.8. The van der Waals surface area contributed by atoms with Gasteiger partial charge in [0, 0.05) is 12.7 Å². The number of carbonyl (C=O) groups is 1. The Morgan fingerprint density at radius 2 is 1.82 bits per heavy atom. The van der Waals surface area contributed by atoms with Crippen LogP contribution in [0.1, 0.15) is 36.7 Å². The van der Waals surface area contributed by atoms with Crippen LogP contribution in [-0.2, 0) is 15.0 Å². The van der Waals surface area contributed by atoms with E-state index in [0.717, 1.165) is 0 Å². The van der Waals surface area contributed by atoms with Gasteiger partial charge in [0.15, 0.2) is 6.79 Å². The van der Waals surface area contributed by atoms with Crippen molar-refractivity contribution in [1.29, 1.82) is 0 Å². The molecule has 0 aliphatic heterocycles. The molecule has 0 bridgehead atoms. The SMILES string of the molecule is COCONC(=O)c1ccc(C(C)(C)C)cc1. The number of benzene rings is 1. The fourth-order valence-corrected chi connectivity index (χ4v) is 1.33. The molecule has 4 heteroatoms. The molecule has 17 heavy (non-hydrogen) atoms. The van der Waals surface area contributed by atoms with Crippen molar-refractivity contribution in [2.75, 3.05) is 13.9 Å². The highest BCUT2D eigenvalue weighted by Crippen LogP contribution is 2.22. The van der Waals surface area contributed by atoms with Gasteiger partial charge in [-0.1, -0.05) is 32.9 Å².